The van der Waals surface area contributed by atoms with Gasteiger partial charge in [0.2, 0.25) is 0 Å². The Morgan fingerprint density at radius 3 is 2.33 bits per heavy atom. The van der Waals surface area contributed by atoms with Gasteiger partial charge >= 0.3 is 5.97 Å². The molecule has 0 aromatic heterocycles. The van der Waals surface area contributed by atoms with Crippen LogP contribution < -0.4 is 0 Å². The van der Waals surface area contributed by atoms with Crippen LogP contribution in [0.1, 0.15) is 6.92 Å². The molecule has 0 aliphatic carbocycles. The molecule has 1 N–H and O–H groups in total. The largest absolute Gasteiger partial charge is 0.466 e. The maximum absolute atomic E-state index is 10.8. The van der Waals surface area contributed by atoms with E-state index in [0.29, 0.717) is 0 Å². The monoisotopic (exact) mass is 238 g/mol. The third kappa shape index (κ3) is 7.06. The molecule has 15 heavy (non-hydrogen) atoms. The maximum Gasteiger partial charge on any atom is 0.330 e. The van der Waals surface area contributed by atoms with Crippen molar-refractivity contribution >= 4 is 16.1 Å². The predicted molar refractivity (Wildman–Crippen MR) is 52.6 cm³/mol. The Labute approximate surface area is 88.6 Å². The van der Waals surface area contributed by atoms with Crippen molar-refractivity contribution in [1.82, 2.24) is 0 Å². The highest BCUT2D eigenvalue weighted by Gasteiger charge is 2.18. The molecule has 0 saturated heterocycles. The van der Waals surface area contributed by atoms with Crippen molar-refractivity contribution in [2.75, 3.05) is 13.4 Å². The van der Waals surface area contributed by atoms with Crippen molar-refractivity contribution in [2.45, 2.75) is 19.1 Å². The van der Waals surface area contributed by atoms with E-state index in [-0.39, 0.29) is 0 Å². The molecule has 0 radical (unpaired) electrons. The molecule has 0 fully saturated rings. The van der Waals surface area contributed by atoms with Gasteiger partial charge in [0.25, 0.3) is 10.1 Å². The molecule has 0 spiro atoms. The minimum Gasteiger partial charge on any atom is -0.466 e. The first kappa shape index (κ1) is 14.1. The van der Waals surface area contributed by atoms with Crippen LogP contribution in [0.5, 0.6) is 0 Å². The summed E-state index contributed by atoms with van der Waals surface area (Å²) in [4.78, 5) is 10.7. The lowest BCUT2D eigenvalue weighted by molar-refractivity contribution is -0.134. The SMILES string of the molecule is COC(=O)/C=C/[C@@H](OS(C)(=O)=O)[C@@H](C)O. The minimum absolute atomic E-state index is 0.655. The zero-order valence-corrected chi connectivity index (χ0v) is 9.52. The van der Waals surface area contributed by atoms with Gasteiger partial charge in [-0.05, 0) is 13.0 Å². The van der Waals surface area contributed by atoms with E-state index < -0.39 is 28.3 Å². The molecular formula is C8H14O6S. The second-order valence-electron chi connectivity index (χ2n) is 2.89. The van der Waals surface area contributed by atoms with E-state index in [1.807, 2.05) is 0 Å². The normalized spacial score (nSPS) is 16.3. The van der Waals surface area contributed by atoms with Gasteiger partial charge in [-0.25, -0.2) is 4.79 Å². The Bertz CT molecular complexity index is 329. The van der Waals surface area contributed by atoms with Crippen molar-refractivity contribution < 1.29 is 27.2 Å². The van der Waals surface area contributed by atoms with E-state index in [2.05, 4.69) is 8.92 Å². The zero-order chi connectivity index (χ0) is 12.1. The highest BCUT2D eigenvalue weighted by Crippen LogP contribution is 2.05. The first-order valence-corrected chi connectivity index (χ1v) is 5.90. The van der Waals surface area contributed by atoms with Crippen LogP contribution in [0.25, 0.3) is 0 Å². The van der Waals surface area contributed by atoms with Gasteiger partial charge in [0.05, 0.1) is 19.5 Å². The summed E-state index contributed by atoms with van der Waals surface area (Å²) < 4.78 is 30.4. The second kappa shape index (κ2) is 5.84. The summed E-state index contributed by atoms with van der Waals surface area (Å²) in [6, 6.07) is 0. The topological polar surface area (TPSA) is 89.9 Å². The average Bonchev–Trinajstić information content (AvgIpc) is 2.09. The summed E-state index contributed by atoms with van der Waals surface area (Å²) in [7, 11) is -2.50. The molecule has 2 atom stereocenters. The summed E-state index contributed by atoms with van der Waals surface area (Å²) >= 11 is 0. The number of rotatable bonds is 5. The summed E-state index contributed by atoms with van der Waals surface area (Å²) in [5, 5.41) is 9.17. The van der Waals surface area contributed by atoms with Gasteiger partial charge in [-0.3, -0.25) is 4.18 Å². The van der Waals surface area contributed by atoms with E-state index >= 15 is 0 Å². The van der Waals surface area contributed by atoms with Crippen LogP contribution in [0.2, 0.25) is 0 Å². The van der Waals surface area contributed by atoms with Crippen molar-refractivity contribution in [1.29, 1.82) is 0 Å². The first-order chi connectivity index (χ1) is 6.76. The summed E-state index contributed by atoms with van der Waals surface area (Å²) in [6.45, 7) is 1.34. The van der Waals surface area contributed by atoms with Crippen LogP contribution >= 0.6 is 0 Å². The van der Waals surface area contributed by atoms with Crippen molar-refractivity contribution in [2.24, 2.45) is 0 Å². The Morgan fingerprint density at radius 2 is 2.00 bits per heavy atom. The van der Waals surface area contributed by atoms with E-state index in [1.54, 1.807) is 0 Å². The molecule has 0 rings (SSSR count). The Balaban J connectivity index is 4.56. The van der Waals surface area contributed by atoms with E-state index in [0.717, 1.165) is 18.4 Å². The highest BCUT2D eigenvalue weighted by atomic mass is 32.2. The highest BCUT2D eigenvalue weighted by molar-refractivity contribution is 7.86. The number of ether oxygens (including phenoxy) is 1. The fourth-order valence-electron chi connectivity index (χ4n) is 0.717. The quantitative estimate of drug-likeness (QED) is 0.392. The second-order valence-corrected chi connectivity index (χ2v) is 4.49. The van der Waals surface area contributed by atoms with E-state index in [9.17, 15) is 13.2 Å². The number of methoxy groups -OCH3 is 1. The Kier molecular flexibility index (Phi) is 5.48. The molecule has 0 amide bonds. The van der Waals surface area contributed by atoms with Crippen molar-refractivity contribution in [3.05, 3.63) is 12.2 Å². The third-order valence-corrected chi connectivity index (χ3v) is 1.96. The average molecular weight is 238 g/mol. The van der Waals surface area contributed by atoms with Crippen LogP contribution in [0, 0.1) is 0 Å². The number of aliphatic hydroxyl groups excluding tert-OH is 1. The third-order valence-electron chi connectivity index (χ3n) is 1.38. The summed E-state index contributed by atoms with van der Waals surface area (Å²) in [6.07, 6.45) is 0.814. The van der Waals surface area contributed by atoms with Crippen molar-refractivity contribution in [3.8, 4) is 0 Å². The molecule has 0 saturated carbocycles. The molecule has 0 bridgehead atoms. The van der Waals surface area contributed by atoms with E-state index in [4.69, 9.17) is 5.11 Å². The minimum atomic E-state index is -3.69. The molecule has 0 aliphatic heterocycles. The molecule has 7 heteroatoms. The Hall–Kier alpha value is -0.920. The maximum atomic E-state index is 10.8. The van der Waals surface area contributed by atoms with E-state index in [1.165, 1.54) is 14.0 Å². The summed E-state index contributed by atoms with van der Waals surface area (Å²) in [5.41, 5.74) is 0. The molecule has 88 valence electrons. The fraction of sp³-hybridized carbons (Fsp3) is 0.625. The Morgan fingerprint density at radius 1 is 1.47 bits per heavy atom. The van der Waals surface area contributed by atoms with Crippen LogP contribution in [-0.4, -0.2) is 45.1 Å². The number of carbonyl (C=O) groups is 1. The first-order valence-electron chi connectivity index (χ1n) is 4.08. The lowest BCUT2D eigenvalue weighted by atomic mass is 10.2. The predicted octanol–water partition coefficient (Wildman–Crippen LogP) is -0.559. The van der Waals surface area contributed by atoms with Gasteiger partial charge < -0.3 is 9.84 Å². The molecule has 0 aliphatic rings. The van der Waals surface area contributed by atoms with Crippen LogP contribution in [-0.2, 0) is 23.8 Å². The lowest BCUT2D eigenvalue weighted by Gasteiger charge is -2.14. The van der Waals surface area contributed by atoms with Gasteiger partial charge in [-0.15, -0.1) is 0 Å². The van der Waals surface area contributed by atoms with Gasteiger partial charge in [-0.1, -0.05) is 0 Å². The number of aliphatic hydroxyl groups is 1. The fourth-order valence-corrected chi connectivity index (χ4v) is 1.35. The van der Waals surface area contributed by atoms with Crippen LogP contribution in [0.3, 0.4) is 0 Å². The van der Waals surface area contributed by atoms with Gasteiger partial charge in [0.15, 0.2) is 0 Å². The molecule has 0 aromatic rings. The zero-order valence-electron chi connectivity index (χ0n) is 8.71. The van der Waals surface area contributed by atoms with Crippen LogP contribution in [0.4, 0.5) is 0 Å². The molecule has 0 heterocycles. The number of hydrogen-bond acceptors (Lipinski definition) is 6. The van der Waals surface area contributed by atoms with Gasteiger partial charge in [0.1, 0.15) is 6.10 Å². The van der Waals surface area contributed by atoms with Gasteiger partial charge in [-0.2, -0.15) is 8.42 Å². The number of esters is 1. The molecule has 0 unspecified atom stereocenters. The smallest absolute Gasteiger partial charge is 0.330 e. The lowest BCUT2D eigenvalue weighted by Crippen LogP contribution is -2.27. The standard InChI is InChI=1S/C8H14O6S/c1-6(9)7(14-15(3,11)12)4-5-8(10)13-2/h4-7,9H,1-3H3/b5-4+/t6-,7-/m1/s1. The molecule has 6 nitrogen and oxygen atoms in total. The number of carbonyl (C=O) groups excluding carboxylic acids is 1. The summed E-state index contributed by atoms with van der Waals surface area (Å²) in [5.74, 6) is -0.655. The molecule has 0 aromatic carbocycles. The molecular weight excluding hydrogens is 224 g/mol. The van der Waals surface area contributed by atoms with Crippen molar-refractivity contribution in [3.63, 3.8) is 0 Å². The number of hydrogen-bond donors (Lipinski definition) is 1. The van der Waals surface area contributed by atoms with Crippen LogP contribution in [0.15, 0.2) is 12.2 Å². The van der Waals surface area contributed by atoms with Gasteiger partial charge in [0, 0.05) is 6.08 Å².